The van der Waals surface area contributed by atoms with Crippen LogP contribution in [0.3, 0.4) is 0 Å². The van der Waals surface area contributed by atoms with Gasteiger partial charge in [-0.25, -0.2) is 0 Å². The minimum Gasteiger partial charge on any atom is -0.508 e. The first-order chi connectivity index (χ1) is 19.4. The molecule has 11 heteroatoms. The first kappa shape index (κ1) is 27.5. The molecule has 1 saturated carbocycles. The Bertz CT molecular complexity index is 1590. The third-order valence-corrected chi connectivity index (χ3v) is 10.5. The number of nitrogens with zero attached hydrogens (tertiary/aromatic N) is 2. The first-order valence-electron chi connectivity index (χ1n) is 13.1. The maximum Gasteiger partial charge on any atom is 0.253 e. The van der Waals surface area contributed by atoms with Crippen LogP contribution >= 0.6 is 23.2 Å². The Labute approximate surface area is 245 Å². The van der Waals surface area contributed by atoms with Gasteiger partial charge in [0.15, 0.2) is 15.5 Å². The van der Waals surface area contributed by atoms with Crippen LogP contribution in [0.15, 0.2) is 54.1 Å². The van der Waals surface area contributed by atoms with Gasteiger partial charge in [0.2, 0.25) is 11.8 Å². The summed E-state index contributed by atoms with van der Waals surface area (Å²) in [6.07, 6.45) is 1.84. The molecule has 9 nitrogen and oxygen atoms in total. The second-order valence-electron chi connectivity index (χ2n) is 11.0. The van der Waals surface area contributed by atoms with Crippen molar-refractivity contribution < 1.29 is 33.8 Å². The smallest absolute Gasteiger partial charge is 0.253 e. The normalized spacial score (nSPS) is 32.5. The molecule has 41 heavy (non-hydrogen) atoms. The van der Waals surface area contributed by atoms with Gasteiger partial charge >= 0.3 is 0 Å². The fourth-order valence-corrected chi connectivity index (χ4v) is 8.10. The molecule has 0 radical (unpaired) electrons. The molecular formula is C30H26Cl2N2O7. The van der Waals surface area contributed by atoms with Gasteiger partial charge in [-0.15, -0.1) is 23.2 Å². The summed E-state index contributed by atoms with van der Waals surface area (Å²) in [5.74, 6) is -5.64. The minimum absolute atomic E-state index is 0.147. The number of methoxy groups -OCH3 is 1. The molecule has 1 N–H and O–H groups in total. The molecule has 4 aliphatic rings. The molecule has 3 fully saturated rings. The van der Waals surface area contributed by atoms with Crippen LogP contribution in [0.5, 0.6) is 11.5 Å². The number of rotatable bonds is 4. The highest BCUT2D eigenvalue weighted by Crippen LogP contribution is 2.66. The van der Waals surface area contributed by atoms with Crippen molar-refractivity contribution >= 4 is 58.3 Å². The predicted molar refractivity (Wildman–Crippen MR) is 149 cm³/mol. The average Bonchev–Trinajstić information content (AvgIpc) is 3.28. The van der Waals surface area contributed by atoms with Crippen LogP contribution in [0.4, 0.5) is 5.69 Å². The van der Waals surface area contributed by atoms with E-state index >= 15 is 0 Å². The summed E-state index contributed by atoms with van der Waals surface area (Å²) in [5.41, 5.74) is 1.61. The van der Waals surface area contributed by atoms with E-state index in [9.17, 15) is 29.1 Å². The number of likely N-dealkylation sites (tertiary alicyclic amines) is 1. The number of carbonyl (C=O) groups is 5. The Morgan fingerprint density at radius 2 is 1.68 bits per heavy atom. The molecule has 2 aromatic carbocycles. The van der Waals surface area contributed by atoms with Gasteiger partial charge in [0, 0.05) is 30.2 Å². The van der Waals surface area contributed by atoms with Gasteiger partial charge in [-0.05, 0) is 56.0 Å². The van der Waals surface area contributed by atoms with E-state index in [0.29, 0.717) is 22.6 Å². The van der Waals surface area contributed by atoms with Gasteiger partial charge in [-0.1, -0.05) is 17.7 Å². The van der Waals surface area contributed by atoms with Crippen LogP contribution in [0, 0.1) is 17.8 Å². The fraction of sp³-hybridized carbons (Fsp3) is 0.367. The Balaban J connectivity index is 1.49. The molecule has 0 unspecified atom stereocenters. The topological polar surface area (TPSA) is 121 Å². The van der Waals surface area contributed by atoms with Crippen molar-refractivity contribution in [2.75, 3.05) is 19.1 Å². The number of imide groups is 2. The molecular weight excluding hydrogens is 571 g/mol. The Morgan fingerprint density at radius 1 is 1.00 bits per heavy atom. The summed E-state index contributed by atoms with van der Waals surface area (Å²) >= 11 is 14.3. The van der Waals surface area contributed by atoms with Gasteiger partial charge in [0.1, 0.15) is 11.5 Å². The summed E-state index contributed by atoms with van der Waals surface area (Å²) in [4.78, 5) is 64.6. The molecule has 0 bridgehead atoms. The number of hydrogen-bond donors (Lipinski definition) is 1. The third kappa shape index (κ3) is 3.51. The van der Waals surface area contributed by atoms with Gasteiger partial charge in [-0.3, -0.25) is 33.8 Å². The second kappa shape index (κ2) is 9.16. The number of ether oxygens (including phenoxy) is 1. The largest absolute Gasteiger partial charge is 0.508 e. The van der Waals surface area contributed by atoms with Crippen molar-refractivity contribution in [2.45, 2.75) is 35.4 Å². The lowest BCUT2D eigenvalue weighted by atomic mass is 9.56. The van der Waals surface area contributed by atoms with Crippen molar-refractivity contribution in [2.24, 2.45) is 17.8 Å². The van der Waals surface area contributed by atoms with E-state index in [1.54, 1.807) is 42.5 Å². The van der Waals surface area contributed by atoms with Crippen molar-refractivity contribution in [3.8, 4) is 11.5 Å². The summed E-state index contributed by atoms with van der Waals surface area (Å²) in [5, 5.41) is 11.1. The molecule has 0 spiro atoms. The molecule has 0 aromatic heterocycles. The van der Waals surface area contributed by atoms with Gasteiger partial charge in [-0.2, -0.15) is 0 Å². The van der Waals surface area contributed by atoms with E-state index in [2.05, 4.69) is 0 Å². The lowest BCUT2D eigenvalue weighted by Crippen LogP contribution is -2.60. The van der Waals surface area contributed by atoms with Crippen molar-refractivity contribution in [3.05, 3.63) is 65.2 Å². The maximum atomic E-state index is 14.0. The van der Waals surface area contributed by atoms with E-state index < -0.39 is 57.0 Å². The molecule has 2 aromatic rings. The molecule has 2 aliphatic heterocycles. The standard InChI is InChI=1S/C30H26Cl2N2O7/c1-14(35)15-4-6-16(7-5-15)34-25(37)20-11-10-18-21(23(20)26(34)38)13-29(31)27(39)33(2)28(40)30(29,32)24(18)19-9-8-17(41-3)12-22(19)36/h4-10,12,20-21,23-24,36H,11,13H2,1-3H3/t20-,21+,23-,24+,29+,30-/m0/s1. The number of benzene rings is 2. The number of allylic oxidation sites excluding steroid dienone is 2. The number of aromatic hydroxyl groups is 1. The summed E-state index contributed by atoms with van der Waals surface area (Å²) in [7, 11) is 2.75. The number of phenols is 1. The van der Waals surface area contributed by atoms with Crippen LogP contribution in [0.25, 0.3) is 0 Å². The van der Waals surface area contributed by atoms with Crippen LogP contribution in [-0.4, -0.2) is 63.3 Å². The summed E-state index contributed by atoms with van der Waals surface area (Å²) < 4.78 is 5.22. The number of hydrogen-bond acceptors (Lipinski definition) is 7. The lowest BCUT2D eigenvalue weighted by Gasteiger charge is -2.50. The minimum atomic E-state index is -1.99. The molecule has 6 atom stereocenters. The Kier molecular flexibility index (Phi) is 6.14. The number of Topliss-reactive ketones (excluding diaryl/α,β-unsaturated/α-hetero) is 1. The zero-order valence-corrected chi connectivity index (χ0v) is 23.9. The zero-order chi connectivity index (χ0) is 29.6. The molecule has 2 saturated heterocycles. The number of anilines is 1. The van der Waals surface area contributed by atoms with Crippen molar-refractivity contribution in [1.29, 1.82) is 0 Å². The number of fused-ring (bicyclic) bond motifs is 4. The number of halogens is 2. The van der Waals surface area contributed by atoms with Gasteiger partial charge in [0.25, 0.3) is 11.8 Å². The van der Waals surface area contributed by atoms with Gasteiger partial charge < -0.3 is 9.84 Å². The van der Waals surface area contributed by atoms with Crippen LogP contribution in [0.1, 0.15) is 41.6 Å². The summed E-state index contributed by atoms with van der Waals surface area (Å²) in [6.45, 7) is 1.43. The Morgan fingerprint density at radius 3 is 2.29 bits per heavy atom. The maximum absolute atomic E-state index is 14.0. The fourth-order valence-electron chi connectivity index (χ4n) is 7.08. The monoisotopic (exact) mass is 596 g/mol. The van der Waals surface area contributed by atoms with E-state index in [1.807, 2.05) is 0 Å². The number of alkyl halides is 2. The number of ketones is 1. The SMILES string of the molecule is COc1ccc([C@H]2C3=CC[C@@H]4C(=O)N(c5ccc(C(C)=O)cc5)C(=O)[C@@H]4[C@@H]3C[C@@]3(Cl)C(=O)N(C)C(=O)[C@@]23Cl)c(O)c1. The summed E-state index contributed by atoms with van der Waals surface area (Å²) in [6, 6.07) is 10.8. The predicted octanol–water partition coefficient (Wildman–Crippen LogP) is 3.80. The van der Waals surface area contributed by atoms with Crippen molar-refractivity contribution in [3.63, 3.8) is 0 Å². The van der Waals surface area contributed by atoms with E-state index in [-0.39, 0.29) is 29.9 Å². The molecule has 2 heterocycles. The quantitative estimate of drug-likeness (QED) is 0.246. The number of carbonyl (C=O) groups excluding carboxylic acids is 5. The number of amides is 4. The molecule has 6 rings (SSSR count). The van der Waals surface area contributed by atoms with Crippen LogP contribution in [-0.2, 0) is 19.2 Å². The molecule has 2 aliphatic carbocycles. The van der Waals surface area contributed by atoms with E-state index in [0.717, 1.165) is 9.80 Å². The highest BCUT2D eigenvalue weighted by atomic mass is 35.5. The highest BCUT2D eigenvalue weighted by molar-refractivity contribution is 6.53. The Hall–Kier alpha value is -3.69. The highest BCUT2D eigenvalue weighted by Gasteiger charge is 2.76. The van der Waals surface area contributed by atoms with Crippen LogP contribution < -0.4 is 9.64 Å². The zero-order valence-electron chi connectivity index (χ0n) is 22.4. The molecule has 4 amide bonds. The average molecular weight is 597 g/mol. The van der Waals surface area contributed by atoms with Gasteiger partial charge in [0.05, 0.1) is 24.6 Å². The van der Waals surface area contributed by atoms with E-state index in [4.69, 9.17) is 27.9 Å². The molecule has 212 valence electrons. The number of phenolic OH excluding ortho intramolecular Hbond substituents is 1. The third-order valence-electron chi connectivity index (χ3n) is 9.09. The lowest BCUT2D eigenvalue weighted by molar-refractivity contribution is -0.138. The van der Waals surface area contributed by atoms with E-state index in [1.165, 1.54) is 27.1 Å². The van der Waals surface area contributed by atoms with Crippen molar-refractivity contribution in [1.82, 2.24) is 4.90 Å². The first-order valence-corrected chi connectivity index (χ1v) is 13.9. The van der Waals surface area contributed by atoms with Crippen LogP contribution in [0.2, 0.25) is 0 Å². The second-order valence-corrected chi connectivity index (χ2v) is 12.3.